The lowest BCUT2D eigenvalue weighted by atomic mass is 9.89. The largest absolute Gasteiger partial charge is 0.465 e. The Bertz CT molecular complexity index is 1300. The normalized spacial score (nSPS) is 19.6. The number of carbonyl (C=O) groups is 2. The zero-order valence-corrected chi connectivity index (χ0v) is 20.8. The van der Waals surface area contributed by atoms with Gasteiger partial charge in [0.15, 0.2) is 17.2 Å². The number of pyridine rings is 1. The molecule has 5 rings (SSSR count). The van der Waals surface area contributed by atoms with Crippen molar-refractivity contribution in [2.75, 3.05) is 16.0 Å². The molecule has 2 aliphatic rings. The summed E-state index contributed by atoms with van der Waals surface area (Å²) in [6.07, 6.45) is 8.21. The van der Waals surface area contributed by atoms with Crippen LogP contribution in [0.4, 0.5) is 26.4 Å². The number of carbonyl (C=O) groups excluding carboxylic acids is 1. The van der Waals surface area contributed by atoms with Gasteiger partial charge >= 0.3 is 6.09 Å². The number of halogens is 1. The summed E-state index contributed by atoms with van der Waals surface area (Å²) in [5.74, 6) is -0.589. The number of anilines is 3. The molecule has 2 aliphatic carbocycles. The summed E-state index contributed by atoms with van der Waals surface area (Å²) in [6, 6.07) is 3.68. The van der Waals surface area contributed by atoms with Gasteiger partial charge in [0.1, 0.15) is 5.82 Å². The van der Waals surface area contributed by atoms with Crippen LogP contribution in [0.1, 0.15) is 62.9 Å². The molecule has 3 aromatic rings. The lowest BCUT2D eigenvalue weighted by Crippen LogP contribution is -2.47. The number of hydrogen-bond donors (Lipinski definition) is 4. The Kier molecular flexibility index (Phi) is 6.81. The van der Waals surface area contributed by atoms with Crippen molar-refractivity contribution < 1.29 is 19.1 Å². The molecule has 4 N–H and O–H groups in total. The Balaban J connectivity index is 1.36. The van der Waals surface area contributed by atoms with Gasteiger partial charge < -0.3 is 26.0 Å². The van der Waals surface area contributed by atoms with Gasteiger partial charge in [0, 0.05) is 36.4 Å². The molecule has 0 aromatic carbocycles. The van der Waals surface area contributed by atoms with Crippen molar-refractivity contribution in [3.8, 4) is 0 Å². The van der Waals surface area contributed by atoms with Gasteiger partial charge in [0.25, 0.3) is 5.91 Å². The molecule has 2 amide bonds. The second kappa shape index (κ2) is 10.2. The lowest BCUT2D eigenvalue weighted by molar-refractivity contribution is 0.0916. The average molecular weight is 511 g/mol. The van der Waals surface area contributed by atoms with Crippen LogP contribution in [0.5, 0.6) is 0 Å². The molecule has 0 unspecified atom stereocenters. The van der Waals surface area contributed by atoms with Crippen LogP contribution in [0.2, 0.25) is 0 Å². The molecule has 0 bridgehead atoms. The van der Waals surface area contributed by atoms with Crippen molar-refractivity contribution in [2.45, 2.75) is 76.5 Å². The maximum atomic E-state index is 14.0. The molecule has 2 fully saturated rings. The average Bonchev–Trinajstić information content (AvgIpc) is 3.56. The standard InChI is InChI=1S/C25H31FN8O3/c1-14(2)33(25(36)37)17-7-5-16(6-8-17)30-22-11-20(29-15-3-4-15)23-28-13-21(34(23)32-22)24(35)31-19-9-10-27-12-18(19)26/h9-17,29H,3-8H2,1-2H3,(H,30,32)(H,36,37)(H,27,31,35)/t16-,17-. The third-order valence-corrected chi connectivity index (χ3v) is 6.88. The highest BCUT2D eigenvalue weighted by molar-refractivity contribution is 6.03. The van der Waals surface area contributed by atoms with E-state index in [-0.39, 0.29) is 29.5 Å². The predicted octanol–water partition coefficient (Wildman–Crippen LogP) is 4.20. The highest BCUT2D eigenvalue weighted by atomic mass is 19.1. The van der Waals surface area contributed by atoms with Gasteiger partial charge in [-0.2, -0.15) is 0 Å². The molecule has 11 nitrogen and oxygen atoms in total. The zero-order chi connectivity index (χ0) is 26.1. The van der Waals surface area contributed by atoms with Crippen LogP contribution in [0.3, 0.4) is 0 Å². The van der Waals surface area contributed by atoms with Crippen molar-refractivity contribution in [2.24, 2.45) is 0 Å². The van der Waals surface area contributed by atoms with E-state index in [9.17, 15) is 19.1 Å². The summed E-state index contributed by atoms with van der Waals surface area (Å²) < 4.78 is 15.5. The molecule has 2 saturated carbocycles. The summed E-state index contributed by atoms with van der Waals surface area (Å²) in [5.41, 5.74) is 1.47. The van der Waals surface area contributed by atoms with Crippen LogP contribution in [-0.4, -0.2) is 65.8 Å². The maximum Gasteiger partial charge on any atom is 0.407 e. The molecule has 37 heavy (non-hydrogen) atoms. The Morgan fingerprint density at radius 2 is 1.78 bits per heavy atom. The summed E-state index contributed by atoms with van der Waals surface area (Å²) in [4.78, 5) is 34.4. The second-order valence-electron chi connectivity index (χ2n) is 9.98. The van der Waals surface area contributed by atoms with Gasteiger partial charge in [0.05, 0.1) is 23.8 Å². The molecule has 0 spiro atoms. The number of nitrogens with zero attached hydrogens (tertiary/aromatic N) is 5. The first-order chi connectivity index (χ1) is 17.8. The predicted molar refractivity (Wildman–Crippen MR) is 136 cm³/mol. The van der Waals surface area contributed by atoms with E-state index in [1.807, 2.05) is 19.9 Å². The minimum absolute atomic E-state index is 0.00406. The lowest BCUT2D eigenvalue weighted by Gasteiger charge is -2.37. The number of aromatic nitrogens is 4. The monoisotopic (exact) mass is 510 g/mol. The fraction of sp³-hybridized carbons (Fsp3) is 0.480. The van der Waals surface area contributed by atoms with Gasteiger partial charge in [0.2, 0.25) is 0 Å². The van der Waals surface area contributed by atoms with E-state index >= 15 is 0 Å². The third-order valence-electron chi connectivity index (χ3n) is 6.88. The summed E-state index contributed by atoms with van der Waals surface area (Å²) in [7, 11) is 0. The van der Waals surface area contributed by atoms with E-state index < -0.39 is 17.8 Å². The topological polar surface area (TPSA) is 137 Å². The molecule has 3 aromatic heterocycles. The molecule has 0 atom stereocenters. The van der Waals surface area contributed by atoms with Crippen molar-refractivity contribution in [3.05, 3.63) is 42.2 Å². The fourth-order valence-electron chi connectivity index (χ4n) is 4.92. The van der Waals surface area contributed by atoms with E-state index in [2.05, 4.69) is 31.0 Å². The molecule has 12 heteroatoms. The first kappa shape index (κ1) is 24.7. The van der Waals surface area contributed by atoms with Gasteiger partial charge in [-0.1, -0.05) is 0 Å². The van der Waals surface area contributed by atoms with E-state index in [1.165, 1.54) is 23.0 Å². The Hall–Kier alpha value is -3.96. The number of hydrogen-bond acceptors (Lipinski definition) is 7. The van der Waals surface area contributed by atoms with Crippen molar-refractivity contribution in [1.29, 1.82) is 0 Å². The van der Waals surface area contributed by atoms with Crippen molar-refractivity contribution >= 4 is 34.8 Å². The number of carboxylic acid groups (broad SMARTS) is 1. The van der Waals surface area contributed by atoms with Crippen molar-refractivity contribution in [1.82, 2.24) is 24.5 Å². The Morgan fingerprint density at radius 3 is 2.43 bits per heavy atom. The van der Waals surface area contributed by atoms with E-state index in [4.69, 9.17) is 0 Å². The van der Waals surface area contributed by atoms with Crippen molar-refractivity contribution in [3.63, 3.8) is 0 Å². The molecular weight excluding hydrogens is 479 g/mol. The van der Waals surface area contributed by atoms with Gasteiger partial charge in [-0.25, -0.2) is 18.7 Å². The third kappa shape index (κ3) is 5.42. The summed E-state index contributed by atoms with van der Waals surface area (Å²) >= 11 is 0. The number of imidazole rings is 1. The minimum atomic E-state index is -0.883. The van der Waals surface area contributed by atoms with E-state index in [0.717, 1.165) is 50.4 Å². The molecule has 0 saturated heterocycles. The zero-order valence-electron chi connectivity index (χ0n) is 20.8. The molecule has 0 aliphatic heterocycles. The molecule has 3 heterocycles. The van der Waals surface area contributed by atoms with Crippen LogP contribution in [0, 0.1) is 5.82 Å². The van der Waals surface area contributed by atoms with Gasteiger partial charge in [-0.05, 0) is 58.4 Å². The number of nitrogens with one attached hydrogen (secondary N) is 3. The number of rotatable bonds is 8. The maximum absolute atomic E-state index is 14.0. The smallest absolute Gasteiger partial charge is 0.407 e. The second-order valence-corrected chi connectivity index (χ2v) is 9.98. The Morgan fingerprint density at radius 1 is 1.08 bits per heavy atom. The van der Waals surface area contributed by atoms with Crippen LogP contribution in [-0.2, 0) is 0 Å². The first-order valence-electron chi connectivity index (χ1n) is 12.6. The molecular formula is C25H31FN8O3. The van der Waals surface area contributed by atoms with Gasteiger partial charge in [-0.3, -0.25) is 9.78 Å². The molecule has 196 valence electrons. The highest BCUT2D eigenvalue weighted by Gasteiger charge is 2.31. The minimum Gasteiger partial charge on any atom is -0.465 e. The van der Waals surface area contributed by atoms with Gasteiger partial charge in [-0.15, -0.1) is 5.10 Å². The number of amides is 2. The number of fused-ring (bicyclic) bond motifs is 1. The molecule has 0 radical (unpaired) electrons. The highest BCUT2D eigenvalue weighted by Crippen LogP contribution is 2.31. The van der Waals surface area contributed by atoms with Crippen LogP contribution < -0.4 is 16.0 Å². The van der Waals surface area contributed by atoms with Crippen LogP contribution in [0.15, 0.2) is 30.7 Å². The fourth-order valence-corrected chi connectivity index (χ4v) is 4.92. The van der Waals surface area contributed by atoms with Crippen LogP contribution >= 0.6 is 0 Å². The first-order valence-corrected chi connectivity index (χ1v) is 12.6. The van der Waals surface area contributed by atoms with Crippen LogP contribution in [0.25, 0.3) is 5.65 Å². The summed E-state index contributed by atoms with van der Waals surface area (Å²) in [6.45, 7) is 3.79. The summed E-state index contributed by atoms with van der Waals surface area (Å²) in [5, 5.41) is 23.7. The van der Waals surface area contributed by atoms with E-state index in [1.54, 1.807) is 4.90 Å². The quantitative estimate of drug-likeness (QED) is 0.354. The SMILES string of the molecule is CC(C)N(C(=O)O)[C@H]1CC[C@H](Nc2cc(NC3CC3)c3ncc(C(=O)Nc4ccncc4F)n3n2)CC1. The van der Waals surface area contributed by atoms with E-state index in [0.29, 0.717) is 17.5 Å². The Labute approximate surface area is 213 Å².